The van der Waals surface area contributed by atoms with Crippen molar-refractivity contribution in [1.29, 1.82) is 0 Å². The summed E-state index contributed by atoms with van der Waals surface area (Å²) in [7, 11) is 0. The van der Waals surface area contributed by atoms with Crippen molar-refractivity contribution in [3.05, 3.63) is 59.7 Å². The fourth-order valence-electron chi connectivity index (χ4n) is 2.00. The van der Waals surface area contributed by atoms with Crippen molar-refractivity contribution < 1.29 is 9.21 Å². The summed E-state index contributed by atoms with van der Waals surface area (Å²) in [6.07, 6.45) is 1.60. The lowest BCUT2D eigenvalue weighted by Crippen LogP contribution is -2.02. The molecule has 0 atom stereocenters. The van der Waals surface area contributed by atoms with Gasteiger partial charge in [0.15, 0.2) is 0 Å². The third-order valence-corrected chi connectivity index (χ3v) is 2.92. The number of ketones is 1. The zero-order valence-corrected chi connectivity index (χ0v) is 9.36. The van der Waals surface area contributed by atoms with Crippen LogP contribution in [-0.2, 0) is 0 Å². The zero-order valence-electron chi connectivity index (χ0n) is 9.36. The minimum atomic E-state index is 0.0227. The topological polar surface area (TPSA) is 42.2 Å². The number of allylic oxidation sites excluding steroid dienone is 2. The van der Waals surface area contributed by atoms with Crippen molar-refractivity contribution in [1.82, 2.24) is 0 Å². The van der Waals surface area contributed by atoms with Crippen LogP contribution in [0.25, 0.3) is 5.57 Å². The predicted octanol–water partition coefficient (Wildman–Crippen LogP) is 3.32. The Hall–Kier alpha value is -2.29. The Morgan fingerprint density at radius 3 is 2.71 bits per heavy atom. The summed E-state index contributed by atoms with van der Waals surface area (Å²) in [6, 6.07) is 11.2. The number of fused-ring (bicyclic) bond motifs is 1. The Balaban J connectivity index is 2.10. The number of carbonyl (C=O) groups is 1. The van der Waals surface area contributed by atoms with E-state index in [9.17, 15) is 4.79 Å². The van der Waals surface area contributed by atoms with E-state index in [1.165, 1.54) is 0 Å². The van der Waals surface area contributed by atoms with Crippen molar-refractivity contribution in [2.75, 3.05) is 5.32 Å². The molecule has 0 saturated carbocycles. The smallest absolute Gasteiger partial charge is 0.211 e. The van der Waals surface area contributed by atoms with Crippen LogP contribution in [0.3, 0.4) is 0 Å². The lowest BCUT2D eigenvalue weighted by molar-refractivity contribution is 0.104. The summed E-state index contributed by atoms with van der Waals surface area (Å²) < 4.78 is 5.30. The number of benzene rings is 1. The first-order valence-electron chi connectivity index (χ1n) is 5.43. The maximum atomic E-state index is 12.2. The van der Waals surface area contributed by atoms with Crippen molar-refractivity contribution in [3.8, 4) is 0 Å². The summed E-state index contributed by atoms with van der Waals surface area (Å²) in [5.74, 6) is 0.739. The van der Waals surface area contributed by atoms with Crippen LogP contribution in [0, 0.1) is 0 Å². The number of hydrogen-bond acceptors (Lipinski definition) is 3. The second-order valence-corrected chi connectivity index (χ2v) is 3.98. The van der Waals surface area contributed by atoms with Crippen LogP contribution < -0.4 is 5.32 Å². The summed E-state index contributed by atoms with van der Waals surface area (Å²) in [4.78, 5) is 12.2. The maximum Gasteiger partial charge on any atom is 0.211 e. The van der Waals surface area contributed by atoms with Gasteiger partial charge in [-0.15, -0.1) is 0 Å². The normalized spacial score (nSPS) is 16.6. The number of rotatable bonds is 1. The molecule has 17 heavy (non-hydrogen) atoms. The fraction of sp³-hybridized carbons (Fsp3) is 0.0714. The summed E-state index contributed by atoms with van der Waals surface area (Å²) in [5.41, 5.74) is 3.00. The van der Waals surface area contributed by atoms with Crippen molar-refractivity contribution in [3.63, 3.8) is 0 Å². The van der Waals surface area contributed by atoms with Gasteiger partial charge in [0.05, 0.1) is 12.0 Å². The Morgan fingerprint density at radius 1 is 1.18 bits per heavy atom. The molecule has 0 saturated heterocycles. The molecule has 0 spiro atoms. The molecule has 0 bridgehead atoms. The molecule has 84 valence electrons. The molecule has 3 heteroatoms. The highest BCUT2D eigenvalue weighted by Crippen LogP contribution is 2.31. The van der Waals surface area contributed by atoms with Gasteiger partial charge in [-0.05, 0) is 31.2 Å². The van der Waals surface area contributed by atoms with E-state index >= 15 is 0 Å². The Bertz CT molecular complexity index is 609. The highest BCUT2D eigenvalue weighted by molar-refractivity contribution is 6.21. The molecule has 2 heterocycles. The van der Waals surface area contributed by atoms with Gasteiger partial charge in [0.2, 0.25) is 5.78 Å². The second-order valence-electron chi connectivity index (χ2n) is 3.98. The van der Waals surface area contributed by atoms with E-state index in [0.29, 0.717) is 17.0 Å². The van der Waals surface area contributed by atoms with Crippen LogP contribution in [-0.4, -0.2) is 5.78 Å². The van der Waals surface area contributed by atoms with Gasteiger partial charge >= 0.3 is 0 Å². The van der Waals surface area contributed by atoms with E-state index in [2.05, 4.69) is 5.32 Å². The van der Waals surface area contributed by atoms with Crippen LogP contribution in [0.2, 0.25) is 0 Å². The molecule has 1 aliphatic heterocycles. The predicted molar refractivity (Wildman–Crippen MR) is 65.7 cm³/mol. The quantitative estimate of drug-likeness (QED) is 0.757. The number of anilines is 1. The molecule has 1 N–H and O–H groups in total. The van der Waals surface area contributed by atoms with Crippen LogP contribution in [0.5, 0.6) is 0 Å². The number of carbonyl (C=O) groups excluding carboxylic acids is 1. The Labute approximate surface area is 98.8 Å². The van der Waals surface area contributed by atoms with Gasteiger partial charge < -0.3 is 9.73 Å². The molecule has 0 radical (unpaired) electrons. The SMILES string of the molecule is CC(=C1Nc2ccccc2C1=O)c1ccco1. The maximum absolute atomic E-state index is 12.2. The molecule has 0 amide bonds. The van der Waals surface area contributed by atoms with Crippen LogP contribution in [0.15, 0.2) is 52.8 Å². The van der Waals surface area contributed by atoms with Crippen LogP contribution in [0.4, 0.5) is 5.69 Å². The molecule has 0 aliphatic carbocycles. The van der Waals surface area contributed by atoms with E-state index < -0.39 is 0 Å². The third-order valence-electron chi connectivity index (χ3n) is 2.92. The molecular weight excluding hydrogens is 214 g/mol. The van der Waals surface area contributed by atoms with E-state index in [1.807, 2.05) is 43.3 Å². The number of para-hydroxylation sites is 1. The third kappa shape index (κ3) is 1.47. The average molecular weight is 225 g/mol. The first-order chi connectivity index (χ1) is 8.27. The largest absolute Gasteiger partial charge is 0.465 e. The lowest BCUT2D eigenvalue weighted by Gasteiger charge is -2.02. The first kappa shape index (κ1) is 9.90. The average Bonchev–Trinajstić information content (AvgIpc) is 2.97. The molecule has 1 aliphatic rings. The van der Waals surface area contributed by atoms with Gasteiger partial charge in [0, 0.05) is 16.8 Å². The molecule has 0 fully saturated rings. The van der Waals surface area contributed by atoms with Crippen LogP contribution >= 0.6 is 0 Å². The van der Waals surface area contributed by atoms with Gasteiger partial charge in [0.25, 0.3) is 0 Å². The number of furan rings is 1. The molecular formula is C14H11NO2. The fourth-order valence-corrected chi connectivity index (χ4v) is 2.00. The molecule has 1 aromatic heterocycles. The standard InChI is InChI=1S/C14H11NO2/c1-9(12-7-4-8-17-12)13-14(16)10-5-2-3-6-11(10)15-13/h2-8,15H,1H3. The number of hydrogen-bond donors (Lipinski definition) is 1. The monoisotopic (exact) mass is 225 g/mol. The molecule has 3 rings (SSSR count). The van der Waals surface area contributed by atoms with Gasteiger partial charge in [-0.3, -0.25) is 4.79 Å². The zero-order chi connectivity index (χ0) is 11.8. The minimum absolute atomic E-state index is 0.0227. The molecule has 1 aromatic carbocycles. The van der Waals surface area contributed by atoms with Gasteiger partial charge in [-0.1, -0.05) is 12.1 Å². The molecule has 0 unspecified atom stereocenters. The van der Waals surface area contributed by atoms with E-state index in [0.717, 1.165) is 11.3 Å². The van der Waals surface area contributed by atoms with Gasteiger partial charge in [-0.25, -0.2) is 0 Å². The summed E-state index contributed by atoms with van der Waals surface area (Å²) in [6.45, 7) is 1.88. The Kier molecular flexibility index (Phi) is 2.11. The Morgan fingerprint density at radius 2 is 2.00 bits per heavy atom. The molecule has 2 aromatic rings. The second kappa shape index (κ2) is 3.63. The first-order valence-corrected chi connectivity index (χ1v) is 5.43. The summed E-state index contributed by atoms with van der Waals surface area (Å²) >= 11 is 0. The van der Waals surface area contributed by atoms with Crippen molar-refractivity contribution >= 4 is 17.0 Å². The van der Waals surface area contributed by atoms with Crippen molar-refractivity contribution in [2.45, 2.75) is 6.92 Å². The number of nitrogens with one attached hydrogen (secondary N) is 1. The van der Waals surface area contributed by atoms with E-state index in [4.69, 9.17) is 4.42 Å². The van der Waals surface area contributed by atoms with Gasteiger partial charge in [0.1, 0.15) is 5.76 Å². The summed E-state index contributed by atoms with van der Waals surface area (Å²) in [5, 5.41) is 3.14. The van der Waals surface area contributed by atoms with Crippen molar-refractivity contribution in [2.24, 2.45) is 0 Å². The van der Waals surface area contributed by atoms with E-state index in [1.54, 1.807) is 6.26 Å². The minimum Gasteiger partial charge on any atom is -0.465 e. The number of Topliss-reactive ketones (excluding diaryl/α,β-unsaturated/α-hetero) is 1. The molecule has 3 nitrogen and oxygen atoms in total. The van der Waals surface area contributed by atoms with E-state index in [-0.39, 0.29) is 5.78 Å². The highest BCUT2D eigenvalue weighted by Gasteiger charge is 2.26. The van der Waals surface area contributed by atoms with Crippen LogP contribution in [0.1, 0.15) is 23.0 Å². The highest BCUT2D eigenvalue weighted by atomic mass is 16.3. The lowest BCUT2D eigenvalue weighted by atomic mass is 10.1. The van der Waals surface area contributed by atoms with Gasteiger partial charge in [-0.2, -0.15) is 0 Å².